The van der Waals surface area contributed by atoms with Crippen LogP contribution >= 0.6 is 11.8 Å². The summed E-state index contributed by atoms with van der Waals surface area (Å²) in [6.07, 6.45) is -4.25. The number of hydrogen-bond donors (Lipinski definition) is 1. The minimum atomic E-state index is -4.25. The largest absolute Gasteiger partial charge is 0.416 e. The Balaban J connectivity index is 2.32. The van der Waals surface area contributed by atoms with Crippen molar-refractivity contribution in [1.82, 2.24) is 0 Å². The molecule has 88 valence electrons. The van der Waals surface area contributed by atoms with E-state index in [4.69, 9.17) is 0 Å². The van der Waals surface area contributed by atoms with Crippen LogP contribution in [0.2, 0.25) is 0 Å². The number of alkyl halides is 3. The summed E-state index contributed by atoms with van der Waals surface area (Å²) in [6, 6.07) is 3.90. The maximum atomic E-state index is 12.5. The number of anilines is 1. The second kappa shape index (κ2) is 4.20. The summed E-state index contributed by atoms with van der Waals surface area (Å²) in [6.45, 7) is 2.86. The van der Waals surface area contributed by atoms with E-state index >= 15 is 0 Å². The maximum absolute atomic E-state index is 12.5. The van der Waals surface area contributed by atoms with Crippen molar-refractivity contribution in [2.24, 2.45) is 0 Å². The number of fused-ring (bicyclic) bond motifs is 1. The molecule has 1 N–H and O–H groups in total. The molecule has 2 rings (SSSR count). The van der Waals surface area contributed by atoms with Gasteiger partial charge >= 0.3 is 6.18 Å². The van der Waals surface area contributed by atoms with Crippen molar-refractivity contribution in [2.45, 2.75) is 24.1 Å². The molecule has 1 aliphatic rings. The average Bonchev–Trinajstić information content (AvgIpc) is 2.39. The molecule has 1 nitrogen and oxygen atoms in total. The van der Waals surface area contributed by atoms with Crippen LogP contribution in [0.1, 0.15) is 18.1 Å². The molecule has 0 aliphatic carbocycles. The zero-order valence-electron chi connectivity index (χ0n) is 8.77. The average molecular weight is 247 g/mol. The summed E-state index contributed by atoms with van der Waals surface area (Å²) in [5.74, 6) is 0.632. The molecule has 1 aromatic carbocycles. The normalized spacial score (nSPS) is 20.9. The van der Waals surface area contributed by atoms with E-state index in [-0.39, 0.29) is 0 Å². The van der Waals surface area contributed by atoms with Gasteiger partial charge in [-0.25, -0.2) is 0 Å². The number of hydrogen-bond acceptors (Lipinski definition) is 2. The highest BCUT2D eigenvalue weighted by atomic mass is 32.2. The highest BCUT2D eigenvalue weighted by Crippen LogP contribution is 2.34. The van der Waals surface area contributed by atoms with E-state index in [1.54, 1.807) is 11.8 Å². The Bertz CT molecular complexity index is 389. The zero-order valence-corrected chi connectivity index (χ0v) is 9.58. The standard InChI is InChI=1S/C11H12F3NS/c1-7-5-15-10-3-2-9(11(12,13)14)4-8(10)6-16-7/h2-4,7,15H,5-6H2,1H3/t7-/m0/s1. The molecule has 1 atom stereocenters. The van der Waals surface area contributed by atoms with Gasteiger partial charge in [0, 0.05) is 23.2 Å². The van der Waals surface area contributed by atoms with Crippen molar-refractivity contribution in [2.75, 3.05) is 11.9 Å². The van der Waals surface area contributed by atoms with Crippen LogP contribution < -0.4 is 5.32 Å². The summed E-state index contributed by atoms with van der Waals surface area (Å²) in [7, 11) is 0. The SMILES string of the molecule is C[C@H]1CNc2ccc(C(F)(F)F)cc2CS1. The molecule has 0 saturated carbocycles. The van der Waals surface area contributed by atoms with Gasteiger partial charge in [-0.3, -0.25) is 0 Å². The van der Waals surface area contributed by atoms with E-state index in [0.717, 1.165) is 23.9 Å². The first-order chi connectivity index (χ1) is 7.47. The van der Waals surface area contributed by atoms with Crippen molar-refractivity contribution in [1.29, 1.82) is 0 Å². The lowest BCUT2D eigenvalue weighted by Crippen LogP contribution is -2.11. The molecule has 0 spiro atoms. The van der Waals surface area contributed by atoms with Gasteiger partial charge in [0.2, 0.25) is 0 Å². The third-order valence-electron chi connectivity index (χ3n) is 2.54. The summed E-state index contributed by atoms with van der Waals surface area (Å²) >= 11 is 1.67. The second-order valence-electron chi connectivity index (χ2n) is 3.87. The number of rotatable bonds is 0. The third kappa shape index (κ3) is 2.45. The van der Waals surface area contributed by atoms with Gasteiger partial charge in [-0.2, -0.15) is 24.9 Å². The molecule has 1 aromatic rings. The molecular weight excluding hydrogens is 235 g/mol. The lowest BCUT2D eigenvalue weighted by Gasteiger charge is -2.11. The van der Waals surface area contributed by atoms with Gasteiger partial charge in [-0.05, 0) is 23.8 Å². The highest BCUT2D eigenvalue weighted by molar-refractivity contribution is 7.99. The van der Waals surface area contributed by atoms with E-state index in [0.29, 0.717) is 11.0 Å². The van der Waals surface area contributed by atoms with E-state index in [9.17, 15) is 13.2 Å². The van der Waals surface area contributed by atoms with Gasteiger partial charge in [0.25, 0.3) is 0 Å². The van der Waals surface area contributed by atoms with Crippen LogP contribution in [0.4, 0.5) is 18.9 Å². The topological polar surface area (TPSA) is 12.0 Å². The molecule has 5 heteroatoms. The molecule has 16 heavy (non-hydrogen) atoms. The Hall–Kier alpha value is -0.840. The number of thioether (sulfide) groups is 1. The van der Waals surface area contributed by atoms with Gasteiger partial charge < -0.3 is 5.32 Å². The Kier molecular flexibility index (Phi) is 3.06. The van der Waals surface area contributed by atoms with Crippen molar-refractivity contribution in [3.8, 4) is 0 Å². The van der Waals surface area contributed by atoms with Crippen molar-refractivity contribution in [3.05, 3.63) is 29.3 Å². The Morgan fingerprint density at radius 1 is 1.38 bits per heavy atom. The van der Waals surface area contributed by atoms with Crippen LogP contribution in [0.15, 0.2) is 18.2 Å². The van der Waals surface area contributed by atoms with Crippen LogP contribution in [-0.2, 0) is 11.9 Å². The zero-order chi connectivity index (χ0) is 11.8. The first-order valence-electron chi connectivity index (χ1n) is 5.02. The molecule has 0 saturated heterocycles. The molecular formula is C11H12F3NS. The van der Waals surface area contributed by atoms with E-state index in [1.165, 1.54) is 12.1 Å². The van der Waals surface area contributed by atoms with Crippen molar-refractivity contribution >= 4 is 17.4 Å². The molecule has 0 unspecified atom stereocenters. The Morgan fingerprint density at radius 2 is 2.12 bits per heavy atom. The van der Waals surface area contributed by atoms with Gasteiger partial charge in [0.15, 0.2) is 0 Å². The third-order valence-corrected chi connectivity index (χ3v) is 3.75. The molecule has 0 fully saturated rings. The first-order valence-corrected chi connectivity index (χ1v) is 6.07. The van der Waals surface area contributed by atoms with E-state index < -0.39 is 11.7 Å². The predicted octanol–water partition coefficient (Wildman–Crippen LogP) is 3.75. The number of nitrogens with one attached hydrogen (secondary N) is 1. The summed E-state index contributed by atoms with van der Waals surface area (Å²) in [5.41, 5.74) is 0.997. The molecule has 0 bridgehead atoms. The van der Waals surface area contributed by atoms with Crippen LogP contribution in [0.25, 0.3) is 0 Å². The lowest BCUT2D eigenvalue weighted by atomic mass is 10.1. The minimum absolute atomic E-state index is 0.418. The number of benzene rings is 1. The van der Waals surface area contributed by atoms with Crippen LogP contribution in [-0.4, -0.2) is 11.8 Å². The van der Waals surface area contributed by atoms with E-state index in [2.05, 4.69) is 12.2 Å². The van der Waals surface area contributed by atoms with E-state index in [1.807, 2.05) is 0 Å². The van der Waals surface area contributed by atoms with Crippen LogP contribution in [0, 0.1) is 0 Å². The number of halogens is 3. The molecule has 1 aliphatic heterocycles. The summed E-state index contributed by atoms with van der Waals surface area (Å²) < 4.78 is 37.5. The Labute approximate surface area is 96.4 Å². The fourth-order valence-electron chi connectivity index (χ4n) is 1.61. The van der Waals surface area contributed by atoms with Gasteiger partial charge in [0.05, 0.1) is 5.56 Å². The quantitative estimate of drug-likeness (QED) is 0.749. The molecule has 0 radical (unpaired) electrons. The lowest BCUT2D eigenvalue weighted by molar-refractivity contribution is -0.137. The second-order valence-corrected chi connectivity index (χ2v) is 5.30. The highest BCUT2D eigenvalue weighted by Gasteiger charge is 2.31. The first kappa shape index (κ1) is 11.6. The van der Waals surface area contributed by atoms with Gasteiger partial charge in [-0.15, -0.1) is 0 Å². The van der Waals surface area contributed by atoms with Crippen molar-refractivity contribution in [3.63, 3.8) is 0 Å². The molecule has 0 aromatic heterocycles. The monoisotopic (exact) mass is 247 g/mol. The van der Waals surface area contributed by atoms with Crippen LogP contribution in [0.5, 0.6) is 0 Å². The molecule has 1 heterocycles. The minimum Gasteiger partial charge on any atom is -0.384 e. The maximum Gasteiger partial charge on any atom is 0.416 e. The fraction of sp³-hybridized carbons (Fsp3) is 0.455. The fourth-order valence-corrected chi connectivity index (χ4v) is 2.51. The molecule has 0 amide bonds. The van der Waals surface area contributed by atoms with Crippen LogP contribution in [0.3, 0.4) is 0 Å². The summed E-state index contributed by atoms with van der Waals surface area (Å²) in [5, 5.41) is 3.58. The van der Waals surface area contributed by atoms with Crippen molar-refractivity contribution < 1.29 is 13.2 Å². The predicted molar refractivity (Wildman–Crippen MR) is 60.7 cm³/mol. The summed E-state index contributed by atoms with van der Waals surface area (Å²) in [4.78, 5) is 0. The van der Waals surface area contributed by atoms with Gasteiger partial charge in [0.1, 0.15) is 0 Å². The van der Waals surface area contributed by atoms with Gasteiger partial charge in [-0.1, -0.05) is 6.92 Å². The smallest absolute Gasteiger partial charge is 0.384 e. The Morgan fingerprint density at radius 3 is 2.81 bits per heavy atom.